The number of hydrogen-bond acceptors (Lipinski definition) is 3. The minimum absolute atomic E-state index is 0.0203. The molecule has 3 amide bonds. The highest BCUT2D eigenvalue weighted by molar-refractivity contribution is 5.98. The molecule has 0 aliphatic carbocycles. The molecule has 1 aliphatic heterocycles. The Morgan fingerprint density at radius 1 is 1.08 bits per heavy atom. The predicted octanol–water partition coefficient (Wildman–Crippen LogP) is 1.77. The van der Waals surface area contributed by atoms with Crippen molar-refractivity contribution in [1.82, 2.24) is 4.90 Å². The molecule has 1 heterocycles. The second-order valence-corrected chi connectivity index (χ2v) is 6.09. The zero-order valence-electron chi connectivity index (χ0n) is 13.6. The maximum Gasteiger partial charge on any atom is 0.248 e. The van der Waals surface area contributed by atoms with Crippen LogP contribution in [0.15, 0.2) is 54.6 Å². The van der Waals surface area contributed by atoms with E-state index >= 15 is 0 Å². The first kappa shape index (κ1) is 16.7. The molecule has 6 heteroatoms. The molecule has 1 fully saturated rings. The van der Waals surface area contributed by atoms with Gasteiger partial charge in [-0.1, -0.05) is 30.3 Å². The van der Waals surface area contributed by atoms with Crippen molar-refractivity contribution in [3.63, 3.8) is 0 Å². The van der Waals surface area contributed by atoms with Gasteiger partial charge in [0.2, 0.25) is 17.7 Å². The minimum Gasteiger partial charge on any atom is -0.366 e. The normalized spacial score (nSPS) is 16.7. The Kier molecular flexibility index (Phi) is 4.79. The van der Waals surface area contributed by atoms with Gasteiger partial charge in [-0.2, -0.15) is 0 Å². The third-order valence-corrected chi connectivity index (χ3v) is 4.24. The SMILES string of the molecule is NC(=O)c1ccc(NC(=O)[C@@H]2CC(=O)N(Cc3ccccc3)C2)cc1. The van der Waals surface area contributed by atoms with E-state index in [1.807, 2.05) is 30.3 Å². The van der Waals surface area contributed by atoms with Gasteiger partial charge in [0.25, 0.3) is 0 Å². The van der Waals surface area contributed by atoms with Crippen molar-refractivity contribution in [3.05, 3.63) is 65.7 Å². The average Bonchev–Trinajstić information content (AvgIpc) is 2.97. The van der Waals surface area contributed by atoms with Crippen molar-refractivity contribution < 1.29 is 14.4 Å². The molecule has 0 unspecified atom stereocenters. The van der Waals surface area contributed by atoms with E-state index in [4.69, 9.17) is 5.73 Å². The average molecular weight is 337 g/mol. The summed E-state index contributed by atoms with van der Waals surface area (Å²) >= 11 is 0. The van der Waals surface area contributed by atoms with E-state index in [0.717, 1.165) is 5.56 Å². The number of hydrogen-bond donors (Lipinski definition) is 2. The first-order valence-electron chi connectivity index (χ1n) is 8.05. The lowest BCUT2D eigenvalue weighted by Gasteiger charge is -2.16. The molecule has 0 radical (unpaired) electrons. The Balaban J connectivity index is 1.59. The second-order valence-electron chi connectivity index (χ2n) is 6.09. The molecule has 6 nitrogen and oxygen atoms in total. The highest BCUT2D eigenvalue weighted by Gasteiger charge is 2.34. The zero-order valence-corrected chi connectivity index (χ0v) is 13.6. The summed E-state index contributed by atoms with van der Waals surface area (Å²) in [5.41, 5.74) is 7.18. The monoisotopic (exact) mass is 337 g/mol. The third kappa shape index (κ3) is 4.03. The van der Waals surface area contributed by atoms with Crippen LogP contribution in [0.3, 0.4) is 0 Å². The van der Waals surface area contributed by atoms with Crippen LogP contribution in [-0.4, -0.2) is 29.2 Å². The molecular formula is C19H19N3O3. The van der Waals surface area contributed by atoms with Gasteiger partial charge in [0.15, 0.2) is 0 Å². The van der Waals surface area contributed by atoms with Crippen LogP contribution >= 0.6 is 0 Å². The number of amides is 3. The number of primary amides is 1. The number of likely N-dealkylation sites (tertiary alicyclic amines) is 1. The van der Waals surface area contributed by atoms with Crippen molar-refractivity contribution in [2.45, 2.75) is 13.0 Å². The van der Waals surface area contributed by atoms with Crippen LogP contribution in [0.1, 0.15) is 22.3 Å². The summed E-state index contributed by atoms with van der Waals surface area (Å²) in [6.45, 7) is 0.912. The smallest absolute Gasteiger partial charge is 0.248 e. The van der Waals surface area contributed by atoms with E-state index in [2.05, 4.69) is 5.32 Å². The topological polar surface area (TPSA) is 92.5 Å². The Morgan fingerprint density at radius 3 is 2.40 bits per heavy atom. The van der Waals surface area contributed by atoms with E-state index in [0.29, 0.717) is 24.3 Å². The fraction of sp³-hybridized carbons (Fsp3) is 0.211. The summed E-state index contributed by atoms with van der Waals surface area (Å²) < 4.78 is 0. The van der Waals surface area contributed by atoms with E-state index in [-0.39, 0.29) is 24.2 Å². The molecule has 0 spiro atoms. The van der Waals surface area contributed by atoms with Gasteiger partial charge in [-0.05, 0) is 29.8 Å². The number of carbonyl (C=O) groups excluding carboxylic acids is 3. The zero-order chi connectivity index (χ0) is 17.8. The number of anilines is 1. The van der Waals surface area contributed by atoms with Crippen molar-refractivity contribution >= 4 is 23.4 Å². The van der Waals surface area contributed by atoms with Crippen molar-refractivity contribution in [2.75, 3.05) is 11.9 Å². The van der Waals surface area contributed by atoms with E-state index in [1.54, 1.807) is 29.2 Å². The Bertz CT molecular complexity index is 787. The van der Waals surface area contributed by atoms with Crippen LogP contribution in [0.5, 0.6) is 0 Å². The molecule has 2 aromatic rings. The molecule has 0 aromatic heterocycles. The molecule has 1 saturated heterocycles. The molecule has 1 aliphatic rings. The van der Waals surface area contributed by atoms with Gasteiger partial charge in [-0.15, -0.1) is 0 Å². The highest BCUT2D eigenvalue weighted by atomic mass is 16.2. The van der Waals surface area contributed by atoms with Gasteiger partial charge in [0, 0.05) is 30.8 Å². The van der Waals surface area contributed by atoms with Gasteiger partial charge in [-0.25, -0.2) is 0 Å². The molecule has 128 valence electrons. The van der Waals surface area contributed by atoms with Crippen LogP contribution < -0.4 is 11.1 Å². The molecule has 3 rings (SSSR count). The van der Waals surface area contributed by atoms with Gasteiger partial charge in [0.1, 0.15) is 0 Å². The number of nitrogens with one attached hydrogen (secondary N) is 1. The van der Waals surface area contributed by atoms with Gasteiger partial charge in [0.05, 0.1) is 5.92 Å². The maximum atomic E-state index is 12.4. The quantitative estimate of drug-likeness (QED) is 0.871. The van der Waals surface area contributed by atoms with E-state index in [1.165, 1.54) is 0 Å². The van der Waals surface area contributed by atoms with Crippen LogP contribution in [0.25, 0.3) is 0 Å². The molecule has 3 N–H and O–H groups in total. The van der Waals surface area contributed by atoms with E-state index in [9.17, 15) is 14.4 Å². The predicted molar refractivity (Wildman–Crippen MR) is 93.6 cm³/mol. The minimum atomic E-state index is -0.518. The van der Waals surface area contributed by atoms with Gasteiger partial charge >= 0.3 is 0 Å². The fourth-order valence-corrected chi connectivity index (χ4v) is 2.87. The fourth-order valence-electron chi connectivity index (χ4n) is 2.87. The van der Waals surface area contributed by atoms with Crippen molar-refractivity contribution in [3.8, 4) is 0 Å². The lowest BCUT2D eigenvalue weighted by Crippen LogP contribution is -2.28. The Labute approximate surface area is 145 Å². The molecule has 0 bridgehead atoms. The lowest BCUT2D eigenvalue weighted by atomic mass is 10.1. The van der Waals surface area contributed by atoms with Crippen LogP contribution in [0.2, 0.25) is 0 Å². The number of rotatable bonds is 5. The first-order chi connectivity index (χ1) is 12.0. The summed E-state index contributed by atoms with van der Waals surface area (Å²) in [7, 11) is 0. The molecule has 0 saturated carbocycles. The van der Waals surface area contributed by atoms with Crippen LogP contribution in [0, 0.1) is 5.92 Å². The van der Waals surface area contributed by atoms with Crippen LogP contribution in [0.4, 0.5) is 5.69 Å². The van der Waals surface area contributed by atoms with Crippen molar-refractivity contribution in [1.29, 1.82) is 0 Å². The summed E-state index contributed by atoms with van der Waals surface area (Å²) in [4.78, 5) is 37.3. The highest BCUT2D eigenvalue weighted by Crippen LogP contribution is 2.22. The number of nitrogens with zero attached hydrogens (tertiary/aromatic N) is 1. The molecular weight excluding hydrogens is 318 g/mol. The Morgan fingerprint density at radius 2 is 1.76 bits per heavy atom. The number of nitrogens with two attached hydrogens (primary N) is 1. The largest absolute Gasteiger partial charge is 0.366 e. The summed E-state index contributed by atoms with van der Waals surface area (Å²) in [6.07, 6.45) is 0.206. The van der Waals surface area contributed by atoms with Gasteiger partial charge in [-0.3, -0.25) is 14.4 Å². The molecule has 1 atom stereocenters. The first-order valence-corrected chi connectivity index (χ1v) is 8.05. The second kappa shape index (κ2) is 7.17. The number of benzene rings is 2. The lowest BCUT2D eigenvalue weighted by molar-refractivity contribution is -0.128. The Hall–Kier alpha value is -3.15. The summed E-state index contributed by atoms with van der Waals surface area (Å²) in [5.74, 6) is -1.12. The van der Waals surface area contributed by atoms with Crippen LogP contribution in [-0.2, 0) is 16.1 Å². The van der Waals surface area contributed by atoms with Gasteiger partial charge < -0.3 is 16.0 Å². The van der Waals surface area contributed by atoms with E-state index < -0.39 is 5.91 Å². The summed E-state index contributed by atoms with van der Waals surface area (Å²) in [5, 5.41) is 2.79. The maximum absolute atomic E-state index is 12.4. The third-order valence-electron chi connectivity index (χ3n) is 4.24. The standard InChI is InChI=1S/C19H19N3O3/c20-18(24)14-6-8-16(9-7-14)21-19(25)15-10-17(23)22(12-15)11-13-4-2-1-3-5-13/h1-9,15H,10-12H2,(H2,20,24)(H,21,25)/t15-/m1/s1. The molecule has 2 aromatic carbocycles. The number of carbonyl (C=O) groups is 3. The van der Waals surface area contributed by atoms with Crippen molar-refractivity contribution in [2.24, 2.45) is 11.7 Å². The summed E-state index contributed by atoms with van der Waals surface area (Å²) in [6, 6.07) is 16.1. The molecule has 25 heavy (non-hydrogen) atoms.